The van der Waals surface area contributed by atoms with E-state index in [4.69, 9.17) is 5.14 Å². The Morgan fingerprint density at radius 3 is 2.45 bits per heavy atom. The van der Waals surface area contributed by atoms with Crippen LogP contribution in [0.5, 0.6) is 5.75 Å². The average molecular weight is 455 g/mol. The Labute approximate surface area is 177 Å². The molecule has 31 heavy (non-hydrogen) atoms. The van der Waals surface area contributed by atoms with Gasteiger partial charge in [0.2, 0.25) is 15.9 Å². The molecule has 0 fully saturated rings. The first kappa shape index (κ1) is 21.4. The molecule has 11 heteroatoms. The number of nitrogens with two attached hydrogens (primary N) is 1. The zero-order valence-corrected chi connectivity index (χ0v) is 17.2. The fourth-order valence-electron chi connectivity index (χ4n) is 4.08. The van der Waals surface area contributed by atoms with Crippen molar-refractivity contribution < 1.29 is 31.1 Å². The largest absolute Gasteiger partial charge is 0.573 e. The number of carbonyl (C=O) groups is 1. The summed E-state index contributed by atoms with van der Waals surface area (Å²) in [7, 11) is -3.83. The minimum atomic E-state index is -4.76. The van der Waals surface area contributed by atoms with Gasteiger partial charge in [-0.2, -0.15) is 0 Å². The number of sulfonamides is 1. The first-order chi connectivity index (χ1) is 14.5. The predicted octanol–water partition coefficient (Wildman–Crippen LogP) is 2.57. The molecular formula is C20H20F3N3O4S. The summed E-state index contributed by atoms with van der Waals surface area (Å²) in [6, 6.07) is 8.58. The Morgan fingerprint density at radius 1 is 1.03 bits per heavy atom. The number of amides is 1. The van der Waals surface area contributed by atoms with E-state index in [1.54, 1.807) is 17.0 Å². The number of rotatable bonds is 4. The van der Waals surface area contributed by atoms with Gasteiger partial charge in [-0.1, -0.05) is 0 Å². The number of hydrogen-bond acceptors (Lipinski definition) is 5. The zero-order valence-electron chi connectivity index (χ0n) is 16.4. The van der Waals surface area contributed by atoms with Crippen LogP contribution in [0.3, 0.4) is 0 Å². The lowest BCUT2D eigenvalue weighted by Crippen LogP contribution is -2.41. The van der Waals surface area contributed by atoms with Crippen molar-refractivity contribution in [3.8, 4) is 5.75 Å². The Morgan fingerprint density at radius 2 is 1.74 bits per heavy atom. The fourth-order valence-corrected chi connectivity index (χ4v) is 4.64. The fraction of sp³-hybridized carbons (Fsp3) is 0.350. The molecule has 0 radical (unpaired) electrons. The third-order valence-corrected chi connectivity index (χ3v) is 6.31. The van der Waals surface area contributed by atoms with E-state index in [1.165, 1.54) is 24.3 Å². The lowest BCUT2D eigenvalue weighted by molar-refractivity contribution is -0.274. The van der Waals surface area contributed by atoms with Crippen LogP contribution >= 0.6 is 0 Å². The maximum atomic E-state index is 13.0. The van der Waals surface area contributed by atoms with Gasteiger partial charge in [0, 0.05) is 24.5 Å². The predicted molar refractivity (Wildman–Crippen MR) is 108 cm³/mol. The van der Waals surface area contributed by atoms with Gasteiger partial charge in [0.1, 0.15) is 5.75 Å². The number of halogens is 3. The van der Waals surface area contributed by atoms with Crippen LogP contribution in [0.15, 0.2) is 41.3 Å². The van der Waals surface area contributed by atoms with E-state index < -0.39 is 16.4 Å². The second-order valence-corrected chi connectivity index (χ2v) is 9.06. The molecule has 2 heterocycles. The van der Waals surface area contributed by atoms with Crippen LogP contribution in [-0.4, -0.2) is 40.3 Å². The molecule has 2 aromatic rings. The van der Waals surface area contributed by atoms with Gasteiger partial charge in [-0.25, -0.2) is 13.6 Å². The molecule has 0 spiro atoms. The van der Waals surface area contributed by atoms with Gasteiger partial charge in [-0.05, 0) is 66.8 Å². The van der Waals surface area contributed by atoms with Crippen LogP contribution in [0, 0.1) is 0 Å². The molecule has 2 aromatic carbocycles. The van der Waals surface area contributed by atoms with Gasteiger partial charge in [-0.15, -0.1) is 13.2 Å². The van der Waals surface area contributed by atoms with E-state index in [0.29, 0.717) is 49.3 Å². The van der Waals surface area contributed by atoms with Crippen molar-refractivity contribution in [3.63, 3.8) is 0 Å². The van der Waals surface area contributed by atoms with Crippen molar-refractivity contribution in [1.82, 2.24) is 0 Å². The second kappa shape index (κ2) is 7.72. The summed E-state index contributed by atoms with van der Waals surface area (Å²) in [6.07, 6.45) is -2.95. The van der Waals surface area contributed by atoms with Gasteiger partial charge in [0.15, 0.2) is 0 Å². The Bertz CT molecular complexity index is 1130. The van der Waals surface area contributed by atoms with Crippen molar-refractivity contribution in [3.05, 3.63) is 47.5 Å². The van der Waals surface area contributed by atoms with Crippen LogP contribution in [0.25, 0.3) is 0 Å². The summed E-state index contributed by atoms with van der Waals surface area (Å²) >= 11 is 0. The van der Waals surface area contributed by atoms with Crippen molar-refractivity contribution >= 4 is 27.3 Å². The number of aryl methyl sites for hydroxylation is 1. The minimum Gasteiger partial charge on any atom is -0.406 e. The molecule has 2 aliphatic rings. The molecule has 166 valence electrons. The standard InChI is InChI=1S/C20H20F3N3O4S/c21-20(22,23)30-15-3-5-17-13(10-15)2-1-8-25(17)12-19(27)26-9-7-14-11-16(31(24,28)29)4-6-18(14)26/h3-6,10-11H,1-2,7-9,12H2,(H2,24,28,29). The molecule has 2 N–H and O–H groups in total. The second-order valence-electron chi connectivity index (χ2n) is 7.49. The van der Waals surface area contributed by atoms with Gasteiger partial charge >= 0.3 is 6.36 Å². The summed E-state index contributed by atoms with van der Waals surface area (Å²) in [5, 5.41) is 5.17. The number of nitrogens with zero attached hydrogens (tertiary/aromatic N) is 2. The lowest BCUT2D eigenvalue weighted by atomic mass is 10.0. The van der Waals surface area contributed by atoms with Crippen molar-refractivity contribution in [2.45, 2.75) is 30.5 Å². The first-order valence-electron chi connectivity index (χ1n) is 9.61. The van der Waals surface area contributed by atoms with Crippen LogP contribution in [0.4, 0.5) is 24.5 Å². The SMILES string of the molecule is NS(=O)(=O)c1ccc2c(c1)CCN2C(=O)CN1CCCc2cc(OC(F)(F)F)ccc21. The smallest absolute Gasteiger partial charge is 0.406 e. The highest BCUT2D eigenvalue weighted by molar-refractivity contribution is 7.89. The molecule has 4 rings (SSSR count). The third kappa shape index (κ3) is 4.62. The molecular weight excluding hydrogens is 435 g/mol. The normalized spacial score (nSPS) is 16.1. The van der Waals surface area contributed by atoms with E-state index in [0.717, 1.165) is 5.56 Å². The van der Waals surface area contributed by atoms with Crippen molar-refractivity contribution in [1.29, 1.82) is 0 Å². The summed E-state index contributed by atoms with van der Waals surface area (Å²) in [6.45, 7) is 1.08. The molecule has 0 aromatic heterocycles. The number of benzene rings is 2. The monoisotopic (exact) mass is 455 g/mol. The highest BCUT2D eigenvalue weighted by Crippen LogP contribution is 2.34. The number of fused-ring (bicyclic) bond motifs is 2. The quantitative estimate of drug-likeness (QED) is 0.765. The summed E-state index contributed by atoms with van der Waals surface area (Å²) in [4.78, 5) is 16.4. The molecule has 7 nitrogen and oxygen atoms in total. The summed E-state index contributed by atoms with van der Waals surface area (Å²) < 4.78 is 64.5. The molecule has 0 unspecified atom stereocenters. The van der Waals surface area contributed by atoms with Gasteiger partial charge in [-0.3, -0.25) is 4.79 Å². The maximum absolute atomic E-state index is 13.0. The molecule has 0 bridgehead atoms. The van der Waals surface area contributed by atoms with E-state index in [1.807, 2.05) is 4.90 Å². The highest BCUT2D eigenvalue weighted by atomic mass is 32.2. The number of primary sulfonamides is 1. The molecule has 0 atom stereocenters. The third-order valence-electron chi connectivity index (χ3n) is 5.40. The van der Waals surface area contributed by atoms with E-state index in [2.05, 4.69) is 4.74 Å². The number of ether oxygens (including phenoxy) is 1. The van der Waals surface area contributed by atoms with Crippen LogP contribution < -0.4 is 19.7 Å². The summed E-state index contributed by atoms with van der Waals surface area (Å²) in [5.74, 6) is -0.455. The van der Waals surface area contributed by atoms with Gasteiger partial charge in [0.25, 0.3) is 0 Å². The molecule has 0 saturated heterocycles. The average Bonchev–Trinajstić information content (AvgIpc) is 3.09. The van der Waals surface area contributed by atoms with E-state index >= 15 is 0 Å². The van der Waals surface area contributed by atoms with Crippen molar-refractivity contribution in [2.24, 2.45) is 5.14 Å². The topological polar surface area (TPSA) is 92.9 Å². The Kier molecular flexibility index (Phi) is 5.34. The minimum absolute atomic E-state index is 0.00221. The number of alkyl halides is 3. The molecule has 1 amide bonds. The van der Waals surface area contributed by atoms with Gasteiger partial charge < -0.3 is 14.5 Å². The number of carbonyl (C=O) groups excluding carboxylic acids is 1. The number of anilines is 2. The van der Waals surface area contributed by atoms with Crippen LogP contribution in [0.2, 0.25) is 0 Å². The van der Waals surface area contributed by atoms with E-state index in [-0.39, 0.29) is 23.1 Å². The van der Waals surface area contributed by atoms with E-state index in [9.17, 15) is 26.4 Å². The summed E-state index contributed by atoms with van der Waals surface area (Å²) in [5.41, 5.74) is 2.77. The van der Waals surface area contributed by atoms with Crippen LogP contribution in [0.1, 0.15) is 17.5 Å². The lowest BCUT2D eigenvalue weighted by Gasteiger charge is -2.32. The highest BCUT2D eigenvalue weighted by Gasteiger charge is 2.32. The first-order valence-corrected chi connectivity index (χ1v) is 11.2. The molecule has 0 saturated carbocycles. The molecule has 2 aliphatic heterocycles. The maximum Gasteiger partial charge on any atom is 0.573 e. The Hall–Kier alpha value is -2.79. The van der Waals surface area contributed by atoms with Gasteiger partial charge in [0.05, 0.1) is 11.4 Å². The number of hydrogen-bond donors (Lipinski definition) is 1. The van der Waals surface area contributed by atoms with Crippen LogP contribution in [-0.2, 0) is 27.7 Å². The zero-order chi connectivity index (χ0) is 22.4. The molecule has 0 aliphatic carbocycles. The Balaban J connectivity index is 1.51. The van der Waals surface area contributed by atoms with Crippen molar-refractivity contribution in [2.75, 3.05) is 29.4 Å².